The lowest BCUT2D eigenvalue weighted by molar-refractivity contribution is 0.337. The monoisotopic (exact) mass is 302 g/mol. The van der Waals surface area contributed by atoms with Crippen molar-refractivity contribution >= 4 is 11.3 Å². The minimum Gasteiger partial charge on any atom is -0.492 e. The smallest absolute Gasteiger partial charge is 0.137 e. The Morgan fingerprint density at radius 2 is 2.38 bits per heavy atom. The van der Waals surface area contributed by atoms with Gasteiger partial charge in [-0.1, -0.05) is 0 Å². The molecule has 21 heavy (non-hydrogen) atoms. The van der Waals surface area contributed by atoms with Crippen LogP contribution < -0.4 is 10.1 Å². The van der Waals surface area contributed by atoms with Crippen molar-refractivity contribution in [2.24, 2.45) is 0 Å². The zero-order valence-electron chi connectivity index (χ0n) is 12.6. The van der Waals surface area contributed by atoms with Crippen LogP contribution in [0.3, 0.4) is 0 Å². The fraction of sp³-hybridized carbons (Fsp3) is 0.471. The minimum atomic E-state index is 0.298. The predicted octanol–water partition coefficient (Wildman–Crippen LogP) is 3.92. The van der Waals surface area contributed by atoms with Gasteiger partial charge in [0.05, 0.1) is 12.8 Å². The van der Waals surface area contributed by atoms with E-state index in [2.05, 4.69) is 27.8 Å². The van der Waals surface area contributed by atoms with Crippen molar-refractivity contribution in [2.45, 2.75) is 38.1 Å². The minimum absolute atomic E-state index is 0.298. The normalized spacial score (nSPS) is 19.0. The molecule has 112 valence electrons. The number of aryl methyl sites for hydroxylation is 1. The second kappa shape index (κ2) is 6.58. The lowest BCUT2D eigenvalue weighted by atomic mass is 9.80. The Kier molecular flexibility index (Phi) is 4.56. The van der Waals surface area contributed by atoms with Gasteiger partial charge in [-0.25, -0.2) is 0 Å². The zero-order valence-corrected chi connectivity index (χ0v) is 13.5. The van der Waals surface area contributed by atoms with E-state index in [-0.39, 0.29) is 0 Å². The second-order valence-corrected chi connectivity index (χ2v) is 6.45. The summed E-state index contributed by atoms with van der Waals surface area (Å²) in [5.41, 5.74) is 2.74. The Bertz CT molecular complexity index is 596. The van der Waals surface area contributed by atoms with Crippen LogP contribution in [0.1, 0.15) is 47.7 Å². The highest BCUT2D eigenvalue weighted by molar-refractivity contribution is 7.10. The van der Waals surface area contributed by atoms with E-state index in [0.717, 1.165) is 5.75 Å². The molecule has 3 nitrogen and oxygen atoms in total. The Hall–Kier alpha value is -1.39. The molecule has 0 bridgehead atoms. The number of likely N-dealkylation sites (N-methyl/N-ethyl adjacent to an activating group) is 1. The first-order valence-electron chi connectivity index (χ1n) is 7.64. The highest BCUT2D eigenvalue weighted by Gasteiger charge is 2.29. The van der Waals surface area contributed by atoms with Gasteiger partial charge >= 0.3 is 0 Å². The molecule has 2 aromatic heterocycles. The zero-order chi connectivity index (χ0) is 14.7. The number of nitrogens with one attached hydrogen (secondary N) is 1. The van der Waals surface area contributed by atoms with Gasteiger partial charge in [0.2, 0.25) is 0 Å². The number of hydrogen-bond acceptors (Lipinski definition) is 4. The highest BCUT2D eigenvalue weighted by atomic mass is 32.1. The second-order valence-electron chi connectivity index (χ2n) is 5.45. The van der Waals surface area contributed by atoms with Crippen LogP contribution in [0.4, 0.5) is 0 Å². The van der Waals surface area contributed by atoms with Gasteiger partial charge in [0.25, 0.3) is 0 Å². The van der Waals surface area contributed by atoms with Crippen molar-refractivity contribution in [1.82, 2.24) is 10.3 Å². The molecule has 2 unspecified atom stereocenters. The maximum atomic E-state index is 5.59. The average Bonchev–Trinajstić information content (AvgIpc) is 2.98. The van der Waals surface area contributed by atoms with Crippen molar-refractivity contribution in [1.29, 1.82) is 0 Å². The van der Waals surface area contributed by atoms with Crippen LogP contribution in [0.15, 0.2) is 29.9 Å². The van der Waals surface area contributed by atoms with Crippen LogP contribution in [0.2, 0.25) is 0 Å². The molecule has 0 radical (unpaired) electrons. The molecular formula is C17H22N2OS. The van der Waals surface area contributed by atoms with Crippen LogP contribution in [-0.2, 0) is 6.42 Å². The molecule has 3 rings (SSSR count). The lowest BCUT2D eigenvalue weighted by Gasteiger charge is -2.30. The number of ether oxygens (including phenoxy) is 1. The summed E-state index contributed by atoms with van der Waals surface area (Å²) in [5, 5.41) is 5.72. The van der Waals surface area contributed by atoms with Crippen LogP contribution in [-0.4, -0.2) is 18.6 Å². The van der Waals surface area contributed by atoms with Crippen molar-refractivity contribution in [3.05, 3.63) is 45.9 Å². The lowest BCUT2D eigenvalue weighted by Crippen LogP contribution is -2.26. The van der Waals surface area contributed by atoms with E-state index in [1.54, 1.807) is 11.1 Å². The van der Waals surface area contributed by atoms with Crippen LogP contribution >= 0.6 is 11.3 Å². The van der Waals surface area contributed by atoms with Gasteiger partial charge < -0.3 is 10.1 Å². The summed E-state index contributed by atoms with van der Waals surface area (Å²) in [6.45, 7) is 2.68. The van der Waals surface area contributed by atoms with Gasteiger partial charge in [-0.3, -0.25) is 4.98 Å². The van der Waals surface area contributed by atoms with E-state index >= 15 is 0 Å². The van der Waals surface area contributed by atoms with E-state index in [9.17, 15) is 0 Å². The van der Waals surface area contributed by atoms with Crippen LogP contribution in [0, 0.1) is 0 Å². The third-order valence-electron chi connectivity index (χ3n) is 4.22. The molecule has 1 N–H and O–H groups in total. The summed E-state index contributed by atoms with van der Waals surface area (Å²) in [6, 6.07) is 4.72. The van der Waals surface area contributed by atoms with Gasteiger partial charge in [0, 0.05) is 23.0 Å². The van der Waals surface area contributed by atoms with E-state index in [1.807, 2.05) is 31.5 Å². The fourth-order valence-corrected chi connectivity index (χ4v) is 4.32. The Morgan fingerprint density at radius 1 is 1.48 bits per heavy atom. The van der Waals surface area contributed by atoms with Crippen molar-refractivity contribution in [3.8, 4) is 5.75 Å². The van der Waals surface area contributed by atoms with Crippen LogP contribution in [0.5, 0.6) is 5.75 Å². The maximum Gasteiger partial charge on any atom is 0.137 e. The van der Waals surface area contributed by atoms with E-state index in [0.29, 0.717) is 18.6 Å². The first kappa shape index (κ1) is 14.5. The fourth-order valence-electron chi connectivity index (χ4n) is 3.32. The van der Waals surface area contributed by atoms with Crippen LogP contribution in [0.25, 0.3) is 0 Å². The molecule has 0 fully saturated rings. The van der Waals surface area contributed by atoms with Crippen molar-refractivity contribution < 1.29 is 4.74 Å². The number of rotatable bonds is 5. The van der Waals surface area contributed by atoms with E-state index in [4.69, 9.17) is 4.74 Å². The maximum absolute atomic E-state index is 5.59. The molecule has 0 aliphatic heterocycles. The molecule has 1 aliphatic carbocycles. The topological polar surface area (TPSA) is 34.1 Å². The largest absolute Gasteiger partial charge is 0.492 e. The molecular weight excluding hydrogens is 280 g/mol. The third-order valence-corrected chi connectivity index (χ3v) is 5.21. The molecule has 1 aliphatic rings. The molecule has 2 heterocycles. The van der Waals surface area contributed by atoms with E-state index < -0.39 is 0 Å². The van der Waals surface area contributed by atoms with Crippen molar-refractivity contribution in [3.63, 3.8) is 0 Å². The molecule has 0 amide bonds. The number of hydrogen-bond donors (Lipinski definition) is 1. The highest BCUT2D eigenvalue weighted by Crippen LogP contribution is 2.42. The van der Waals surface area contributed by atoms with Crippen molar-refractivity contribution in [2.75, 3.05) is 13.7 Å². The summed E-state index contributed by atoms with van der Waals surface area (Å²) in [4.78, 5) is 5.90. The standard InChI is InChI=1S/C17H22N2OS/c1-3-20-13-9-12(10-19-11-13)17(18-2)15-5-4-6-16-14(15)7-8-21-16/h7-11,15,17-18H,3-6H2,1-2H3. The van der Waals surface area contributed by atoms with Gasteiger partial charge in [-0.15, -0.1) is 11.3 Å². The van der Waals surface area contributed by atoms with Gasteiger partial charge in [-0.2, -0.15) is 0 Å². The molecule has 4 heteroatoms. The SMILES string of the molecule is CCOc1cncc(C(NC)C2CCCc3sccc32)c1. The first-order chi connectivity index (χ1) is 10.3. The predicted molar refractivity (Wildman–Crippen MR) is 87.2 cm³/mol. The summed E-state index contributed by atoms with van der Waals surface area (Å²) >= 11 is 1.90. The molecule has 2 atom stereocenters. The summed E-state index contributed by atoms with van der Waals surface area (Å²) in [5.74, 6) is 1.39. The quantitative estimate of drug-likeness (QED) is 0.909. The number of thiophene rings is 1. The Morgan fingerprint density at radius 3 is 3.19 bits per heavy atom. The molecule has 2 aromatic rings. The third kappa shape index (κ3) is 2.97. The summed E-state index contributed by atoms with van der Waals surface area (Å²) in [7, 11) is 2.04. The molecule has 0 saturated heterocycles. The number of pyridine rings is 1. The number of nitrogens with zero attached hydrogens (tertiary/aromatic N) is 1. The molecule has 0 spiro atoms. The summed E-state index contributed by atoms with van der Waals surface area (Å²) < 4.78 is 5.59. The van der Waals surface area contributed by atoms with Gasteiger partial charge in [0.1, 0.15) is 5.75 Å². The number of fused-ring (bicyclic) bond motifs is 1. The number of aromatic nitrogens is 1. The molecule has 0 aromatic carbocycles. The molecule has 0 saturated carbocycles. The average molecular weight is 302 g/mol. The van der Waals surface area contributed by atoms with E-state index in [1.165, 1.54) is 30.4 Å². The van der Waals surface area contributed by atoms with Gasteiger partial charge in [-0.05, 0) is 61.9 Å². The van der Waals surface area contributed by atoms with Gasteiger partial charge in [0.15, 0.2) is 0 Å². The Labute approximate surface area is 130 Å². The first-order valence-corrected chi connectivity index (χ1v) is 8.52. The summed E-state index contributed by atoms with van der Waals surface area (Å²) in [6.07, 6.45) is 7.49. The Balaban J connectivity index is 1.91.